The maximum absolute atomic E-state index is 6.49. The summed E-state index contributed by atoms with van der Waals surface area (Å²) in [7, 11) is 0. The molecule has 0 amide bonds. The Kier molecular flexibility index (Phi) is 4.88. The number of fused-ring (bicyclic) bond motifs is 1. The maximum Gasteiger partial charge on any atom is 0.162 e. The first kappa shape index (κ1) is 14.9. The molecule has 0 aromatic heterocycles. The predicted octanol–water partition coefficient (Wildman–Crippen LogP) is 3.19. The molecule has 2 aliphatic rings. The normalized spacial score (nSPS) is 22.9. The number of nitrogens with one attached hydrogen (secondary N) is 1. The van der Waals surface area contributed by atoms with Gasteiger partial charge in [0.15, 0.2) is 11.5 Å². The quantitative estimate of drug-likeness (QED) is 0.927. The Hall–Kier alpha value is -0.970. The second-order valence-corrected chi connectivity index (χ2v) is 5.94. The van der Waals surface area contributed by atoms with Gasteiger partial charge in [0.05, 0.1) is 6.61 Å². The summed E-state index contributed by atoms with van der Waals surface area (Å²) in [5.74, 6) is 1.98. The molecule has 4 nitrogen and oxygen atoms in total. The standard InChI is InChI=1S/C16H22ClNO3/c1-2-18-16(11-4-3-5-19-10-11)12-8-14-15(9-13(12)17)21-7-6-20-14/h8-9,11,16,18H,2-7,10H2,1H3. The van der Waals surface area contributed by atoms with E-state index in [1.54, 1.807) is 0 Å². The Morgan fingerprint density at radius 1 is 1.24 bits per heavy atom. The molecule has 21 heavy (non-hydrogen) atoms. The van der Waals surface area contributed by atoms with E-state index in [-0.39, 0.29) is 6.04 Å². The van der Waals surface area contributed by atoms with E-state index in [4.69, 9.17) is 25.8 Å². The van der Waals surface area contributed by atoms with E-state index < -0.39 is 0 Å². The van der Waals surface area contributed by atoms with Gasteiger partial charge in [-0.3, -0.25) is 0 Å². The fourth-order valence-electron chi connectivity index (χ4n) is 3.10. The molecule has 1 aromatic carbocycles. The summed E-state index contributed by atoms with van der Waals surface area (Å²) in [5, 5.41) is 4.29. The topological polar surface area (TPSA) is 39.7 Å². The summed E-state index contributed by atoms with van der Waals surface area (Å²) in [5.41, 5.74) is 1.08. The molecule has 2 heterocycles. The second kappa shape index (κ2) is 6.86. The van der Waals surface area contributed by atoms with E-state index in [2.05, 4.69) is 12.2 Å². The van der Waals surface area contributed by atoms with Gasteiger partial charge in [0.2, 0.25) is 0 Å². The molecule has 1 aromatic rings. The van der Waals surface area contributed by atoms with Crippen LogP contribution in [0.3, 0.4) is 0 Å². The third kappa shape index (κ3) is 3.28. The molecule has 0 spiro atoms. The molecule has 0 aliphatic carbocycles. The zero-order valence-corrected chi connectivity index (χ0v) is 13.1. The van der Waals surface area contributed by atoms with Crippen molar-refractivity contribution in [3.63, 3.8) is 0 Å². The highest BCUT2D eigenvalue weighted by Gasteiger charge is 2.28. The van der Waals surface area contributed by atoms with Gasteiger partial charge in [-0.2, -0.15) is 0 Å². The van der Waals surface area contributed by atoms with E-state index >= 15 is 0 Å². The van der Waals surface area contributed by atoms with E-state index in [0.717, 1.165) is 54.7 Å². The largest absolute Gasteiger partial charge is 0.486 e. The number of rotatable bonds is 4. The molecule has 2 atom stereocenters. The molecule has 1 fully saturated rings. The van der Waals surface area contributed by atoms with Crippen LogP contribution in [0.5, 0.6) is 11.5 Å². The fraction of sp³-hybridized carbons (Fsp3) is 0.625. The minimum absolute atomic E-state index is 0.193. The van der Waals surface area contributed by atoms with E-state index in [9.17, 15) is 0 Å². The van der Waals surface area contributed by atoms with Gasteiger partial charge < -0.3 is 19.5 Å². The zero-order valence-electron chi connectivity index (χ0n) is 12.4. The monoisotopic (exact) mass is 311 g/mol. The van der Waals surface area contributed by atoms with Crippen molar-refractivity contribution in [1.29, 1.82) is 0 Å². The molecule has 2 unspecified atom stereocenters. The molecule has 0 saturated carbocycles. The SMILES string of the molecule is CCNC(c1cc2c(cc1Cl)OCCO2)C1CCCOC1. The van der Waals surface area contributed by atoms with Crippen LogP contribution in [0, 0.1) is 5.92 Å². The molecular formula is C16H22ClNO3. The number of hydrogen-bond donors (Lipinski definition) is 1. The van der Waals surface area contributed by atoms with Crippen LogP contribution in [0.25, 0.3) is 0 Å². The van der Waals surface area contributed by atoms with Gasteiger partial charge in [-0.1, -0.05) is 18.5 Å². The fourth-order valence-corrected chi connectivity index (χ4v) is 3.37. The second-order valence-electron chi connectivity index (χ2n) is 5.53. The molecule has 0 bridgehead atoms. The van der Waals surface area contributed by atoms with Crippen molar-refractivity contribution in [3.8, 4) is 11.5 Å². The lowest BCUT2D eigenvalue weighted by Gasteiger charge is -2.32. The molecular weight excluding hydrogens is 290 g/mol. The van der Waals surface area contributed by atoms with Gasteiger partial charge >= 0.3 is 0 Å². The summed E-state index contributed by atoms with van der Waals surface area (Å²) in [6, 6.07) is 4.09. The predicted molar refractivity (Wildman–Crippen MR) is 82.4 cm³/mol. The van der Waals surface area contributed by atoms with E-state index in [1.165, 1.54) is 0 Å². The molecule has 3 rings (SSSR count). The van der Waals surface area contributed by atoms with Crippen molar-refractivity contribution < 1.29 is 14.2 Å². The van der Waals surface area contributed by atoms with Crippen LogP contribution >= 0.6 is 11.6 Å². The average molecular weight is 312 g/mol. The smallest absolute Gasteiger partial charge is 0.162 e. The Labute approximate surface area is 130 Å². The van der Waals surface area contributed by atoms with Crippen LogP contribution in [0.15, 0.2) is 12.1 Å². The highest BCUT2D eigenvalue weighted by atomic mass is 35.5. The summed E-state index contributed by atoms with van der Waals surface area (Å²) in [4.78, 5) is 0. The number of ether oxygens (including phenoxy) is 3. The van der Waals surface area contributed by atoms with E-state index in [0.29, 0.717) is 19.1 Å². The first-order valence-electron chi connectivity index (χ1n) is 7.69. The van der Waals surface area contributed by atoms with Crippen molar-refractivity contribution in [2.75, 3.05) is 33.0 Å². The Balaban J connectivity index is 1.90. The highest BCUT2D eigenvalue weighted by Crippen LogP contribution is 2.40. The van der Waals surface area contributed by atoms with Gasteiger partial charge in [0.25, 0.3) is 0 Å². The van der Waals surface area contributed by atoms with Crippen molar-refractivity contribution in [2.24, 2.45) is 5.92 Å². The number of benzene rings is 1. The molecule has 5 heteroatoms. The van der Waals surface area contributed by atoms with Gasteiger partial charge in [-0.15, -0.1) is 0 Å². The van der Waals surface area contributed by atoms with Crippen LogP contribution < -0.4 is 14.8 Å². The van der Waals surface area contributed by atoms with Crippen molar-refractivity contribution >= 4 is 11.6 Å². The van der Waals surface area contributed by atoms with Crippen molar-refractivity contribution in [3.05, 3.63) is 22.7 Å². The van der Waals surface area contributed by atoms with Gasteiger partial charge in [-0.25, -0.2) is 0 Å². The number of halogens is 1. The van der Waals surface area contributed by atoms with Crippen molar-refractivity contribution in [1.82, 2.24) is 5.32 Å². The first-order chi connectivity index (χ1) is 10.3. The summed E-state index contributed by atoms with van der Waals surface area (Å²) in [6.07, 6.45) is 2.26. The third-order valence-electron chi connectivity index (χ3n) is 4.09. The average Bonchev–Trinajstić information content (AvgIpc) is 2.53. The molecule has 116 valence electrons. The lowest BCUT2D eigenvalue weighted by atomic mass is 9.88. The summed E-state index contributed by atoms with van der Waals surface area (Å²) in [6.45, 7) is 5.82. The van der Waals surface area contributed by atoms with Crippen molar-refractivity contribution in [2.45, 2.75) is 25.8 Å². The molecule has 1 N–H and O–H groups in total. The third-order valence-corrected chi connectivity index (χ3v) is 4.41. The summed E-state index contributed by atoms with van der Waals surface area (Å²) < 4.78 is 16.9. The maximum atomic E-state index is 6.49. The van der Waals surface area contributed by atoms with Gasteiger partial charge in [0, 0.05) is 29.7 Å². The van der Waals surface area contributed by atoms with Crippen LogP contribution in [-0.4, -0.2) is 33.0 Å². The van der Waals surface area contributed by atoms with Gasteiger partial charge in [-0.05, 0) is 31.0 Å². The minimum atomic E-state index is 0.193. The first-order valence-corrected chi connectivity index (χ1v) is 8.07. The minimum Gasteiger partial charge on any atom is -0.486 e. The Bertz CT molecular complexity index is 489. The van der Waals surface area contributed by atoms with E-state index in [1.807, 2.05) is 12.1 Å². The Morgan fingerprint density at radius 2 is 2.00 bits per heavy atom. The molecule has 0 radical (unpaired) electrons. The van der Waals surface area contributed by atoms with Crippen LogP contribution in [0.1, 0.15) is 31.4 Å². The molecule has 2 aliphatic heterocycles. The van der Waals surface area contributed by atoms with Crippen LogP contribution in [-0.2, 0) is 4.74 Å². The lowest BCUT2D eigenvalue weighted by molar-refractivity contribution is 0.0392. The van der Waals surface area contributed by atoms with Crippen LogP contribution in [0.2, 0.25) is 5.02 Å². The van der Waals surface area contributed by atoms with Gasteiger partial charge in [0.1, 0.15) is 13.2 Å². The molecule has 1 saturated heterocycles. The zero-order chi connectivity index (χ0) is 14.7. The highest BCUT2D eigenvalue weighted by molar-refractivity contribution is 6.31. The lowest BCUT2D eigenvalue weighted by Crippen LogP contribution is -2.33. The Morgan fingerprint density at radius 3 is 2.67 bits per heavy atom. The van der Waals surface area contributed by atoms with Crippen LogP contribution in [0.4, 0.5) is 0 Å². The summed E-state index contributed by atoms with van der Waals surface area (Å²) >= 11 is 6.49. The number of hydrogen-bond acceptors (Lipinski definition) is 4.